The molecule has 4 aromatic rings. The highest BCUT2D eigenvalue weighted by molar-refractivity contribution is 7.17. The van der Waals surface area contributed by atoms with Crippen LogP contribution in [-0.4, -0.2) is 31.7 Å². The van der Waals surface area contributed by atoms with Crippen molar-refractivity contribution in [3.63, 3.8) is 0 Å². The Morgan fingerprint density at radius 3 is 2.38 bits per heavy atom. The second-order valence-electron chi connectivity index (χ2n) is 6.63. The Hall–Kier alpha value is -2.91. The number of hydrogen-bond donors (Lipinski definition) is 2. The van der Waals surface area contributed by atoms with E-state index >= 15 is 0 Å². The average molecular weight is 508 g/mol. The molecule has 0 unspecified atom stereocenters. The number of aromatic carboxylic acids is 1. The molecule has 0 saturated heterocycles. The first-order chi connectivity index (χ1) is 15.2. The highest BCUT2D eigenvalue weighted by Gasteiger charge is 2.24. The number of carboxylic acid groups (broad SMARTS) is 1. The van der Waals surface area contributed by atoms with Gasteiger partial charge in [-0.2, -0.15) is 5.10 Å². The normalized spacial score (nSPS) is 10.9. The molecule has 2 aromatic carbocycles. The van der Waals surface area contributed by atoms with Gasteiger partial charge in [0, 0.05) is 21.2 Å². The number of hydrogen-bond acceptors (Lipinski definition) is 5. The smallest absolute Gasteiger partial charge is 0.347 e. The number of anilines is 1. The van der Waals surface area contributed by atoms with Gasteiger partial charge in [-0.3, -0.25) is 10.1 Å². The van der Waals surface area contributed by atoms with E-state index in [9.17, 15) is 9.59 Å². The van der Waals surface area contributed by atoms with Gasteiger partial charge in [-0.15, -0.1) is 0 Å². The SMILES string of the molecule is Cc1c(C(=O)Nc2ncc(C(=O)O)s2)nn(-c2ccc(Cl)cc2Cl)c1-c1ccc(Cl)cc1. The van der Waals surface area contributed by atoms with E-state index in [1.165, 1.54) is 6.20 Å². The molecule has 7 nitrogen and oxygen atoms in total. The average Bonchev–Trinajstić information content (AvgIpc) is 3.34. The fraction of sp³-hybridized carbons (Fsp3) is 0.0476. The van der Waals surface area contributed by atoms with Crippen LogP contribution >= 0.6 is 46.1 Å². The molecule has 32 heavy (non-hydrogen) atoms. The van der Waals surface area contributed by atoms with E-state index in [4.69, 9.17) is 39.9 Å². The second kappa shape index (κ2) is 8.91. The fourth-order valence-electron chi connectivity index (χ4n) is 3.07. The third-order valence-electron chi connectivity index (χ3n) is 4.53. The van der Waals surface area contributed by atoms with Crippen molar-refractivity contribution in [2.75, 3.05) is 5.32 Å². The molecule has 0 radical (unpaired) electrons. The highest BCUT2D eigenvalue weighted by atomic mass is 35.5. The second-order valence-corrected chi connectivity index (χ2v) is 8.94. The molecule has 0 aliphatic rings. The van der Waals surface area contributed by atoms with E-state index in [1.807, 2.05) is 12.1 Å². The summed E-state index contributed by atoms with van der Waals surface area (Å²) in [5.74, 6) is -1.65. The summed E-state index contributed by atoms with van der Waals surface area (Å²) in [6, 6.07) is 12.1. The molecule has 0 atom stereocenters. The van der Waals surface area contributed by atoms with Gasteiger partial charge in [0.25, 0.3) is 5.91 Å². The monoisotopic (exact) mass is 506 g/mol. The number of rotatable bonds is 5. The van der Waals surface area contributed by atoms with E-state index in [0.29, 0.717) is 32.0 Å². The van der Waals surface area contributed by atoms with Gasteiger partial charge in [0.2, 0.25) is 0 Å². The maximum Gasteiger partial charge on any atom is 0.347 e. The van der Waals surface area contributed by atoms with Gasteiger partial charge in [0.05, 0.1) is 22.6 Å². The number of nitrogens with one attached hydrogen (secondary N) is 1. The van der Waals surface area contributed by atoms with Crippen LogP contribution in [-0.2, 0) is 0 Å². The first-order valence-corrected chi connectivity index (χ1v) is 11.0. The Bertz CT molecular complexity index is 1350. The molecule has 0 saturated carbocycles. The number of carbonyl (C=O) groups excluding carboxylic acids is 1. The molecule has 2 N–H and O–H groups in total. The lowest BCUT2D eigenvalue weighted by Gasteiger charge is -2.11. The number of carboxylic acids is 1. The van der Waals surface area contributed by atoms with Gasteiger partial charge in [-0.1, -0.05) is 58.3 Å². The van der Waals surface area contributed by atoms with Gasteiger partial charge in [0.1, 0.15) is 4.88 Å². The number of aromatic nitrogens is 3. The van der Waals surface area contributed by atoms with E-state index < -0.39 is 11.9 Å². The minimum absolute atomic E-state index is 0.0114. The van der Waals surface area contributed by atoms with Crippen LogP contribution in [0, 0.1) is 6.92 Å². The molecule has 162 valence electrons. The maximum absolute atomic E-state index is 13.0. The number of thiazole rings is 1. The molecule has 0 bridgehead atoms. The molecule has 0 fully saturated rings. The van der Waals surface area contributed by atoms with Crippen LogP contribution in [0.25, 0.3) is 16.9 Å². The lowest BCUT2D eigenvalue weighted by atomic mass is 10.1. The zero-order valence-corrected chi connectivity index (χ0v) is 19.4. The predicted molar refractivity (Wildman–Crippen MR) is 126 cm³/mol. The minimum atomic E-state index is -1.12. The van der Waals surface area contributed by atoms with Gasteiger partial charge in [-0.25, -0.2) is 14.5 Å². The van der Waals surface area contributed by atoms with Crippen LogP contribution in [0.4, 0.5) is 5.13 Å². The Balaban J connectivity index is 1.82. The molecule has 11 heteroatoms. The topological polar surface area (TPSA) is 97.1 Å². The lowest BCUT2D eigenvalue weighted by molar-refractivity contribution is 0.0701. The molecule has 4 rings (SSSR count). The van der Waals surface area contributed by atoms with Crippen LogP contribution in [0.15, 0.2) is 48.7 Å². The largest absolute Gasteiger partial charge is 0.477 e. The number of halogens is 3. The highest BCUT2D eigenvalue weighted by Crippen LogP contribution is 2.33. The summed E-state index contributed by atoms with van der Waals surface area (Å²) in [4.78, 5) is 28.0. The Kier molecular flexibility index (Phi) is 6.21. The van der Waals surface area contributed by atoms with E-state index in [2.05, 4.69) is 15.4 Å². The summed E-state index contributed by atoms with van der Waals surface area (Å²) in [7, 11) is 0. The van der Waals surface area contributed by atoms with Crippen LogP contribution in [0.1, 0.15) is 25.7 Å². The molecule has 0 aliphatic heterocycles. The Morgan fingerprint density at radius 2 is 1.75 bits per heavy atom. The third-order valence-corrected chi connectivity index (χ3v) is 6.22. The molecule has 0 spiro atoms. The van der Waals surface area contributed by atoms with E-state index in [-0.39, 0.29) is 15.7 Å². The molecule has 0 aliphatic carbocycles. The molecule has 2 heterocycles. The van der Waals surface area contributed by atoms with Crippen LogP contribution < -0.4 is 5.32 Å². The van der Waals surface area contributed by atoms with Crippen LogP contribution in [0.2, 0.25) is 15.1 Å². The molecular formula is C21H13Cl3N4O3S. The zero-order valence-electron chi connectivity index (χ0n) is 16.3. The Morgan fingerprint density at radius 1 is 1.06 bits per heavy atom. The van der Waals surface area contributed by atoms with Crippen LogP contribution in [0.3, 0.4) is 0 Å². The van der Waals surface area contributed by atoms with Gasteiger partial charge in [-0.05, 0) is 37.3 Å². The van der Waals surface area contributed by atoms with Crippen molar-refractivity contribution < 1.29 is 14.7 Å². The summed E-state index contributed by atoms with van der Waals surface area (Å²) in [5.41, 5.74) is 2.66. The van der Waals surface area contributed by atoms with Crippen molar-refractivity contribution in [2.24, 2.45) is 0 Å². The maximum atomic E-state index is 13.0. The quantitative estimate of drug-likeness (QED) is 0.334. The standard InChI is InChI=1S/C21H13Cl3N4O3S/c1-10-17(19(29)26-21-25-9-16(32-21)20(30)31)27-28(15-7-6-13(23)8-14(15)24)18(10)11-2-4-12(22)5-3-11/h2-9H,1H3,(H,30,31)(H,25,26,29). The van der Waals surface area contributed by atoms with Crippen molar-refractivity contribution in [3.8, 4) is 16.9 Å². The Labute approximate surface area is 201 Å². The first-order valence-electron chi connectivity index (χ1n) is 9.06. The van der Waals surface area contributed by atoms with Gasteiger partial charge in [0.15, 0.2) is 10.8 Å². The number of carbonyl (C=O) groups is 2. The summed E-state index contributed by atoms with van der Waals surface area (Å²) in [6.07, 6.45) is 1.18. The summed E-state index contributed by atoms with van der Waals surface area (Å²) in [5, 5.41) is 17.7. The van der Waals surface area contributed by atoms with Crippen molar-refractivity contribution in [3.05, 3.63) is 79.9 Å². The van der Waals surface area contributed by atoms with E-state index in [0.717, 1.165) is 16.9 Å². The first kappa shape index (κ1) is 22.3. The van der Waals surface area contributed by atoms with Crippen molar-refractivity contribution in [2.45, 2.75) is 6.92 Å². The van der Waals surface area contributed by atoms with Crippen molar-refractivity contribution >= 4 is 63.1 Å². The van der Waals surface area contributed by atoms with E-state index in [1.54, 1.807) is 41.9 Å². The van der Waals surface area contributed by atoms with Crippen LogP contribution in [0.5, 0.6) is 0 Å². The zero-order chi connectivity index (χ0) is 23.0. The van der Waals surface area contributed by atoms with Gasteiger partial charge >= 0.3 is 5.97 Å². The van der Waals surface area contributed by atoms with Gasteiger partial charge < -0.3 is 5.11 Å². The number of amides is 1. The molecule has 2 aromatic heterocycles. The van der Waals surface area contributed by atoms with Crippen molar-refractivity contribution in [1.29, 1.82) is 0 Å². The fourth-order valence-corrected chi connectivity index (χ4v) is 4.34. The number of benzene rings is 2. The summed E-state index contributed by atoms with van der Waals surface area (Å²) >= 11 is 19.4. The predicted octanol–water partition coefficient (Wildman–Crippen LogP) is 6.21. The summed E-state index contributed by atoms with van der Waals surface area (Å²) < 4.78 is 1.57. The molecule has 1 amide bonds. The molecular weight excluding hydrogens is 495 g/mol. The third kappa shape index (κ3) is 4.35. The minimum Gasteiger partial charge on any atom is -0.477 e. The number of nitrogens with zero attached hydrogens (tertiary/aromatic N) is 3. The lowest BCUT2D eigenvalue weighted by Crippen LogP contribution is -2.14. The van der Waals surface area contributed by atoms with Crippen molar-refractivity contribution in [1.82, 2.24) is 14.8 Å². The summed E-state index contributed by atoms with van der Waals surface area (Å²) in [6.45, 7) is 1.76.